The summed E-state index contributed by atoms with van der Waals surface area (Å²) in [6, 6.07) is 13.9. The largest absolute Gasteiger partial charge is 0.465 e. The van der Waals surface area contributed by atoms with Crippen LogP contribution in [0.1, 0.15) is 30.0 Å². The summed E-state index contributed by atoms with van der Waals surface area (Å²) in [5.41, 5.74) is 1.46. The van der Waals surface area contributed by atoms with E-state index in [-0.39, 0.29) is 17.7 Å². The maximum absolute atomic E-state index is 13.0. The molecule has 1 saturated heterocycles. The highest BCUT2D eigenvalue weighted by atomic mass is 32.2. The quantitative estimate of drug-likeness (QED) is 0.663. The van der Waals surface area contributed by atoms with Crippen molar-refractivity contribution in [2.75, 3.05) is 18.8 Å². The van der Waals surface area contributed by atoms with Crippen LogP contribution in [-0.4, -0.2) is 48.9 Å². The molecule has 1 aliphatic rings. The monoisotopic (exact) mass is 436 g/mol. The summed E-state index contributed by atoms with van der Waals surface area (Å²) in [4.78, 5) is 11.1. The van der Waals surface area contributed by atoms with E-state index in [1.807, 2.05) is 0 Å². The van der Waals surface area contributed by atoms with Gasteiger partial charge in [0.25, 0.3) is 0 Å². The molecule has 1 aliphatic heterocycles. The van der Waals surface area contributed by atoms with Crippen molar-refractivity contribution in [1.82, 2.24) is 9.62 Å². The van der Waals surface area contributed by atoms with E-state index in [0.717, 1.165) is 5.56 Å². The third-order valence-corrected chi connectivity index (χ3v) is 6.98. The summed E-state index contributed by atoms with van der Waals surface area (Å²) >= 11 is 0. The van der Waals surface area contributed by atoms with Crippen LogP contribution in [0.25, 0.3) is 0 Å². The molecule has 1 unspecified atom stereocenters. The summed E-state index contributed by atoms with van der Waals surface area (Å²) in [6.45, 7) is 0.965. The predicted molar refractivity (Wildman–Crippen MR) is 110 cm³/mol. The first kappa shape index (κ1) is 22.2. The molecule has 0 aliphatic carbocycles. The number of amides is 1. The average molecular weight is 437 g/mol. The van der Waals surface area contributed by atoms with Gasteiger partial charge in [-0.2, -0.15) is 0 Å². The molecule has 3 rings (SSSR count). The smallest absolute Gasteiger partial charge is 0.405 e. The number of hydrogen-bond donors (Lipinski definition) is 2. The fraction of sp³-hybridized carbons (Fsp3) is 0.381. The van der Waals surface area contributed by atoms with E-state index in [9.17, 15) is 17.6 Å². The van der Waals surface area contributed by atoms with Crippen molar-refractivity contribution >= 4 is 16.1 Å². The van der Waals surface area contributed by atoms with Gasteiger partial charge in [-0.3, -0.25) is 0 Å². The number of benzene rings is 2. The minimum Gasteiger partial charge on any atom is -0.465 e. The van der Waals surface area contributed by atoms with E-state index >= 15 is 0 Å². The number of nitrogens with zero attached hydrogens (tertiary/aromatic N) is 1. The minimum atomic E-state index is -3.66. The Balaban J connectivity index is 1.55. The third kappa shape index (κ3) is 6.25. The van der Waals surface area contributed by atoms with Crippen LogP contribution in [0, 0.1) is 5.82 Å². The summed E-state index contributed by atoms with van der Waals surface area (Å²) in [5, 5.41) is 11.4. The number of carbonyl (C=O) groups is 1. The van der Waals surface area contributed by atoms with E-state index < -0.39 is 22.2 Å². The molecule has 7 nitrogen and oxygen atoms in total. The molecule has 30 heavy (non-hydrogen) atoms. The van der Waals surface area contributed by atoms with E-state index in [1.54, 1.807) is 42.5 Å². The molecule has 2 aromatic carbocycles. The van der Waals surface area contributed by atoms with Gasteiger partial charge in [0, 0.05) is 13.1 Å². The summed E-state index contributed by atoms with van der Waals surface area (Å²) in [5.74, 6) is -0.645. The van der Waals surface area contributed by atoms with E-state index in [2.05, 4.69) is 5.32 Å². The van der Waals surface area contributed by atoms with Crippen LogP contribution in [0.4, 0.5) is 9.18 Å². The Morgan fingerprint density at radius 2 is 1.77 bits per heavy atom. The van der Waals surface area contributed by atoms with Crippen molar-refractivity contribution in [3.05, 3.63) is 71.5 Å². The van der Waals surface area contributed by atoms with Crippen LogP contribution in [0.2, 0.25) is 0 Å². The molecule has 0 saturated carbocycles. The number of ether oxygens (including phenoxy) is 1. The van der Waals surface area contributed by atoms with Crippen LogP contribution in [0.5, 0.6) is 0 Å². The van der Waals surface area contributed by atoms with Crippen LogP contribution in [0.3, 0.4) is 0 Å². The highest BCUT2D eigenvalue weighted by molar-refractivity contribution is 7.89. The SMILES string of the molecule is O=C(O)NC(CS(=O)(=O)N1CCC(OCc2ccc(F)cc2)CC1)c1ccccc1. The number of nitrogens with one attached hydrogen (secondary N) is 1. The summed E-state index contributed by atoms with van der Waals surface area (Å²) in [7, 11) is -3.66. The summed E-state index contributed by atoms with van der Waals surface area (Å²) < 4.78 is 46.0. The van der Waals surface area contributed by atoms with Crippen LogP contribution >= 0.6 is 0 Å². The molecule has 1 atom stereocenters. The zero-order valence-electron chi connectivity index (χ0n) is 16.4. The Morgan fingerprint density at radius 1 is 1.13 bits per heavy atom. The molecular weight excluding hydrogens is 411 g/mol. The minimum absolute atomic E-state index is 0.0800. The fourth-order valence-electron chi connectivity index (χ4n) is 3.44. The number of sulfonamides is 1. The zero-order chi connectivity index (χ0) is 21.6. The Hall–Kier alpha value is -2.49. The second-order valence-corrected chi connectivity index (χ2v) is 9.24. The second-order valence-electron chi connectivity index (χ2n) is 7.23. The van der Waals surface area contributed by atoms with Gasteiger partial charge >= 0.3 is 6.09 Å². The highest BCUT2D eigenvalue weighted by Crippen LogP contribution is 2.22. The molecule has 9 heteroatoms. The maximum Gasteiger partial charge on any atom is 0.405 e. The van der Waals surface area contributed by atoms with Crippen molar-refractivity contribution in [1.29, 1.82) is 0 Å². The van der Waals surface area contributed by atoms with Crippen molar-refractivity contribution in [2.45, 2.75) is 31.6 Å². The number of hydrogen-bond acceptors (Lipinski definition) is 4. The zero-order valence-corrected chi connectivity index (χ0v) is 17.2. The van der Waals surface area contributed by atoms with Crippen molar-refractivity contribution in [3.8, 4) is 0 Å². The number of halogens is 1. The first-order valence-corrected chi connectivity index (χ1v) is 11.3. The van der Waals surface area contributed by atoms with Gasteiger partial charge in [0.05, 0.1) is 24.5 Å². The molecule has 1 amide bonds. The first-order valence-electron chi connectivity index (χ1n) is 9.72. The lowest BCUT2D eigenvalue weighted by molar-refractivity contribution is 0.0102. The summed E-state index contributed by atoms with van der Waals surface area (Å²) in [6.07, 6.45) is -0.263. The lowest BCUT2D eigenvalue weighted by atomic mass is 10.1. The standard InChI is InChI=1S/C21H25FN2O5S/c22-18-8-6-16(7-9-18)14-29-19-10-12-24(13-11-19)30(27,28)15-20(23-21(25)26)17-4-2-1-3-5-17/h1-9,19-20,23H,10-15H2,(H,25,26). The molecule has 2 aromatic rings. The van der Waals surface area contributed by atoms with Crippen LogP contribution in [0.15, 0.2) is 54.6 Å². The van der Waals surface area contributed by atoms with Crippen LogP contribution in [-0.2, 0) is 21.4 Å². The molecule has 0 radical (unpaired) electrons. The van der Waals surface area contributed by atoms with Crippen molar-refractivity contribution < 1.29 is 27.4 Å². The Labute approximate surface area is 175 Å². The predicted octanol–water partition coefficient (Wildman–Crippen LogP) is 3.15. The molecule has 1 heterocycles. The lowest BCUT2D eigenvalue weighted by Gasteiger charge is -2.32. The van der Waals surface area contributed by atoms with Gasteiger partial charge in [-0.15, -0.1) is 0 Å². The Bertz CT molecular complexity index is 930. The highest BCUT2D eigenvalue weighted by Gasteiger charge is 2.31. The average Bonchev–Trinajstić information content (AvgIpc) is 2.73. The van der Waals surface area contributed by atoms with Crippen molar-refractivity contribution in [3.63, 3.8) is 0 Å². The second kappa shape index (κ2) is 10.0. The number of piperidine rings is 1. The molecule has 1 fully saturated rings. The number of carboxylic acid groups (broad SMARTS) is 1. The first-order chi connectivity index (χ1) is 14.3. The molecule has 162 valence electrons. The molecular formula is C21H25FN2O5S. The van der Waals surface area contributed by atoms with E-state index in [4.69, 9.17) is 9.84 Å². The molecule has 0 bridgehead atoms. The fourth-order valence-corrected chi connectivity index (χ4v) is 5.12. The van der Waals surface area contributed by atoms with Gasteiger partial charge in [-0.1, -0.05) is 42.5 Å². The van der Waals surface area contributed by atoms with Gasteiger partial charge < -0.3 is 15.2 Å². The van der Waals surface area contributed by atoms with Gasteiger partial charge in [0.1, 0.15) is 5.82 Å². The van der Waals surface area contributed by atoms with Gasteiger partial charge in [0.2, 0.25) is 10.0 Å². The van der Waals surface area contributed by atoms with Gasteiger partial charge in [-0.05, 0) is 36.1 Å². The molecule has 0 aromatic heterocycles. The van der Waals surface area contributed by atoms with Crippen molar-refractivity contribution in [2.24, 2.45) is 0 Å². The third-order valence-electron chi connectivity index (χ3n) is 5.07. The lowest BCUT2D eigenvalue weighted by Crippen LogP contribution is -2.44. The molecule has 2 N–H and O–H groups in total. The van der Waals surface area contributed by atoms with Gasteiger partial charge in [-0.25, -0.2) is 21.9 Å². The van der Waals surface area contributed by atoms with Gasteiger partial charge in [0.15, 0.2) is 0 Å². The maximum atomic E-state index is 13.0. The van der Waals surface area contributed by atoms with Crippen LogP contribution < -0.4 is 5.32 Å². The topological polar surface area (TPSA) is 95.9 Å². The Kier molecular flexibility index (Phi) is 7.41. The van der Waals surface area contributed by atoms with E-state index in [1.165, 1.54) is 16.4 Å². The molecule has 0 spiro atoms. The Morgan fingerprint density at radius 3 is 2.37 bits per heavy atom. The van der Waals surface area contributed by atoms with E-state index in [0.29, 0.717) is 38.1 Å². The normalized spacial score (nSPS) is 16.8. The number of rotatable bonds is 8.